The molecule has 0 nitrogen and oxygen atoms in total. The smallest absolute Gasteiger partial charge is 0 e. The maximum Gasteiger partial charge on any atom is 0.187 e. The van der Waals surface area contributed by atoms with Gasteiger partial charge in [-0.1, -0.05) is 0 Å². The standard InChI is InChI=1S/4Al.Gd.12H. The Morgan fingerprint density at radius 2 is 0.400 bits per heavy atom. The SMILES string of the molecule is [AlH3].[AlH3].[AlH3].[AlH3].[Gd]. The summed E-state index contributed by atoms with van der Waals surface area (Å²) in [6, 6.07) is 0. The fourth-order valence-electron chi connectivity index (χ4n) is 0. The summed E-state index contributed by atoms with van der Waals surface area (Å²) in [6.45, 7) is 0. The van der Waals surface area contributed by atoms with Gasteiger partial charge >= 0.3 is 0 Å². The molecule has 0 heterocycles. The van der Waals surface area contributed by atoms with Gasteiger partial charge in [0.1, 0.15) is 0 Å². The van der Waals surface area contributed by atoms with Crippen LogP contribution in [0.25, 0.3) is 0 Å². The summed E-state index contributed by atoms with van der Waals surface area (Å²) in [7, 11) is 0. The van der Waals surface area contributed by atoms with Crippen LogP contribution in [-0.4, -0.2) is 69.4 Å². The first kappa shape index (κ1) is 39.4. The van der Waals surface area contributed by atoms with E-state index in [-0.39, 0.29) is 109 Å². The van der Waals surface area contributed by atoms with Crippen LogP contribution in [0, 0.1) is 39.9 Å². The number of hydrogen-bond donors (Lipinski definition) is 0. The molecule has 0 unspecified atom stereocenters. The number of hydrogen-bond acceptors (Lipinski definition) is 0. The van der Waals surface area contributed by atoms with E-state index >= 15 is 0 Å². The van der Waals surface area contributed by atoms with Crippen LogP contribution in [0.5, 0.6) is 0 Å². The third-order valence-electron chi connectivity index (χ3n) is 0. The summed E-state index contributed by atoms with van der Waals surface area (Å²) in [5.41, 5.74) is 0. The van der Waals surface area contributed by atoms with Crippen molar-refractivity contribution < 1.29 is 39.9 Å². The molecular weight excluding hydrogens is 265 g/mol. The summed E-state index contributed by atoms with van der Waals surface area (Å²) in [6.07, 6.45) is 0. The molecule has 5 heavy (non-hydrogen) atoms. The van der Waals surface area contributed by atoms with Crippen LogP contribution < -0.4 is 0 Å². The second kappa shape index (κ2) is 26.0. The molecule has 0 saturated heterocycles. The van der Waals surface area contributed by atoms with Crippen LogP contribution in [0.15, 0.2) is 0 Å². The van der Waals surface area contributed by atoms with Crippen molar-refractivity contribution in [3.63, 3.8) is 0 Å². The van der Waals surface area contributed by atoms with E-state index in [0.29, 0.717) is 0 Å². The van der Waals surface area contributed by atoms with Crippen LogP contribution in [0.4, 0.5) is 0 Å². The first-order valence-corrected chi connectivity index (χ1v) is 0. The second-order valence-corrected chi connectivity index (χ2v) is 0. The summed E-state index contributed by atoms with van der Waals surface area (Å²) < 4.78 is 0. The summed E-state index contributed by atoms with van der Waals surface area (Å²) in [5, 5.41) is 0. The van der Waals surface area contributed by atoms with E-state index in [2.05, 4.69) is 0 Å². The second-order valence-electron chi connectivity index (χ2n) is 0. The predicted molar refractivity (Wildman–Crippen MR) is 39.8 cm³/mol. The molecule has 0 aromatic carbocycles. The molecule has 0 aliphatic carbocycles. The van der Waals surface area contributed by atoms with E-state index in [1.54, 1.807) is 0 Å². The average molecular weight is 277 g/mol. The Balaban J connectivity index is 0. The summed E-state index contributed by atoms with van der Waals surface area (Å²) >= 11 is 0. The van der Waals surface area contributed by atoms with Gasteiger partial charge in [-0.3, -0.25) is 0 Å². The minimum atomic E-state index is 0. The van der Waals surface area contributed by atoms with Crippen LogP contribution >= 0.6 is 0 Å². The molecule has 5 heteroatoms. The third-order valence-corrected chi connectivity index (χ3v) is 0. The van der Waals surface area contributed by atoms with Crippen LogP contribution in [0.1, 0.15) is 0 Å². The van der Waals surface area contributed by atoms with Crippen LogP contribution in [0.3, 0.4) is 0 Å². The maximum absolute atomic E-state index is 0. The van der Waals surface area contributed by atoms with Crippen molar-refractivity contribution in [2.45, 2.75) is 0 Å². The summed E-state index contributed by atoms with van der Waals surface area (Å²) in [5.74, 6) is 0. The zero-order valence-electron chi connectivity index (χ0n) is 0.354. The molecule has 0 aromatic heterocycles. The van der Waals surface area contributed by atoms with Crippen LogP contribution in [-0.2, 0) is 0 Å². The first-order valence-electron chi connectivity index (χ1n) is 0. The topological polar surface area (TPSA) is 0 Å². The fraction of sp³-hybridized carbons (Fsp3) is 0. The Labute approximate surface area is 107 Å². The zero-order chi connectivity index (χ0) is 0. The molecule has 0 aliphatic heterocycles. The molecular formula is H12Al4Gd. The molecule has 0 rings (SSSR count). The van der Waals surface area contributed by atoms with E-state index in [9.17, 15) is 0 Å². The quantitative estimate of drug-likeness (QED) is 0.390. The minimum Gasteiger partial charge on any atom is 0 e. The molecule has 0 amide bonds. The van der Waals surface area contributed by atoms with Gasteiger partial charge in [0, 0.05) is 39.9 Å². The van der Waals surface area contributed by atoms with Crippen molar-refractivity contribution in [1.82, 2.24) is 0 Å². The van der Waals surface area contributed by atoms with Gasteiger partial charge in [-0.15, -0.1) is 0 Å². The summed E-state index contributed by atoms with van der Waals surface area (Å²) in [4.78, 5) is 0. The zero-order valence-corrected chi connectivity index (χ0v) is 2.62. The van der Waals surface area contributed by atoms with E-state index in [0.717, 1.165) is 0 Å². The van der Waals surface area contributed by atoms with Crippen molar-refractivity contribution in [2.24, 2.45) is 0 Å². The molecule has 0 radical (unpaired) electrons. The van der Waals surface area contributed by atoms with E-state index in [1.165, 1.54) is 0 Å². The van der Waals surface area contributed by atoms with Crippen LogP contribution in [0.2, 0.25) is 0 Å². The Hall–Kier alpha value is 3.45. The van der Waals surface area contributed by atoms with Crippen molar-refractivity contribution in [1.29, 1.82) is 0 Å². The molecule has 0 bridgehead atoms. The van der Waals surface area contributed by atoms with E-state index in [4.69, 9.17) is 0 Å². The number of rotatable bonds is 0. The van der Waals surface area contributed by atoms with E-state index in [1.807, 2.05) is 0 Å². The minimum absolute atomic E-state index is 0. The Bertz CT molecular complexity index is 3.61. The monoisotopic (exact) mass is 278 g/mol. The Kier molecular flexibility index (Phi) is 205. The van der Waals surface area contributed by atoms with Crippen molar-refractivity contribution in [3.8, 4) is 0 Å². The molecule has 0 saturated carbocycles. The molecule has 0 spiro atoms. The average Bonchev–Trinajstić information content (AvgIpc) is 0. The maximum atomic E-state index is 0. The molecule has 0 aromatic rings. The molecule has 32 valence electrons. The van der Waals surface area contributed by atoms with Crippen molar-refractivity contribution in [2.75, 3.05) is 0 Å². The van der Waals surface area contributed by atoms with Crippen molar-refractivity contribution >= 4 is 69.4 Å². The van der Waals surface area contributed by atoms with Gasteiger partial charge in [0.05, 0.1) is 0 Å². The largest absolute Gasteiger partial charge is 0.187 e. The van der Waals surface area contributed by atoms with E-state index < -0.39 is 0 Å². The molecule has 0 N–H and O–H groups in total. The molecule has 0 fully saturated rings. The first-order chi connectivity index (χ1) is 0. The van der Waals surface area contributed by atoms with Crippen molar-refractivity contribution in [3.05, 3.63) is 0 Å². The Morgan fingerprint density at radius 3 is 0.400 bits per heavy atom. The normalized spacial score (nSPS) is 0. The Morgan fingerprint density at radius 1 is 0.400 bits per heavy atom. The third kappa shape index (κ3) is 18.6. The van der Waals surface area contributed by atoms with Gasteiger partial charge in [0.15, 0.2) is 69.4 Å². The van der Waals surface area contributed by atoms with Gasteiger partial charge in [-0.05, 0) is 0 Å². The van der Waals surface area contributed by atoms with Gasteiger partial charge in [-0.25, -0.2) is 0 Å². The predicted octanol–water partition coefficient (Wildman–Crippen LogP) is -4.74. The molecule has 0 atom stereocenters. The van der Waals surface area contributed by atoms with Gasteiger partial charge < -0.3 is 0 Å². The van der Waals surface area contributed by atoms with Gasteiger partial charge in [0.25, 0.3) is 0 Å². The fourth-order valence-corrected chi connectivity index (χ4v) is 0. The van der Waals surface area contributed by atoms with Gasteiger partial charge in [-0.2, -0.15) is 0 Å². The molecule has 0 aliphatic rings. The van der Waals surface area contributed by atoms with Gasteiger partial charge in [0.2, 0.25) is 0 Å².